The Labute approximate surface area is 199 Å². The van der Waals surface area contributed by atoms with Crippen molar-refractivity contribution < 1.29 is 8.78 Å². The highest BCUT2D eigenvalue weighted by atomic mass is 127. The van der Waals surface area contributed by atoms with Crippen molar-refractivity contribution in [3.63, 3.8) is 0 Å². The van der Waals surface area contributed by atoms with Crippen molar-refractivity contribution in [2.45, 2.75) is 19.9 Å². The lowest BCUT2D eigenvalue weighted by molar-refractivity contribution is 0.254. The molecule has 1 fully saturated rings. The van der Waals surface area contributed by atoms with E-state index in [-0.39, 0.29) is 36.1 Å². The lowest BCUT2D eigenvalue weighted by atomic mass is 10.2. The fourth-order valence-corrected chi connectivity index (χ4v) is 3.31. The first-order valence-electron chi connectivity index (χ1n) is 10.4. The second kappa shape index (κ2) is 13.4. The number of rotatable bonds is 8. The Hall–Kier alpha value is -2.08. The summed E-state index contributed by atoms with van der Waals surface area (Å²) in [6, 6.07) is 5.25. The molecular formula is C21H30F2IN7. The second-order valence-electron chi connectivity index (χ2n) is 7.09. The summed E-state index contributed by atoms with van der Waals surface area (Å²) in [5.41, 5.74) is 0.243. The summed E-state index contributed by atoms with van der Waals surface area (Å²) >= 11 is 0. The third-order valence-electron chi connectivity index (χ3n) is 4.91. The first-order chi connectivity index (χ1) is 14.7. The molecule has 0 atom stereocenters. The molecule has 1 aromatic heterocycles. The number of nitrogens with one attached hydrogen (secondary N) is 2. The van der Waals surface area contributed by atoms with Crippen molar-refractivity contribution in [2.75, 3.05) is 50.7 Å². The zero-order chi connectivity index (χ0) is 21.2. The molecule has 0 unspecified atom stereocenters. The van der Waals surface area contributed by atoms with Crippen LogP contribution in [0.4, 0.5) is 14.7 Å². The number of piperazine rings is 1. The third-order valence-corrected chi connectivity index (χ3v) is 4.91. The molecule has 3 rings (SSSR count). The maximum absolute atomic E-state index is 13.8. The highest BCUT2D eigenvalue weighted by molar-refractivity contribution is 14.0. The van der Waals surface area contributed by atoms with Gasteiger partial charge in [0.05, 0.1) is 6.54 Å². The van der Waals surface area contributed by atoms with Crippen molar-refractivity contribution in [1.29, 1.82) is 0 Å². The van der Waals surface area contributed by atoms with E-state index in [9.17, 15) is 8.78 Å². The molecule has 1 aromatic carbocycles. The molecule has 170 valence electrons. The van der Waals surface area contributed by atoms with Gasteiger partial charge in [0.15, 0.2) is 5.96 Å². The summed E-state index contributed by atoms with van der Waals surface area (Å²) in [4.78, 5) is 17.6. The Kier molecular flexibility index (Phi) is 10.9. The van der Waals surface area contributed by atoms with Crippen LogP contribution in [-0.4, -0.2) is 66.6 Å². The molecule has 0 bridgehead atoms. The molecule has 0 amide bonds. The molecule has 31 heavy (non-hydrogen) atoms. The van der Waals surface area contributed by atoms with Crippen molar-refractivity contribution in [2.24, 2.45) is 4.99 Å². The highest BCUT2D eigenvalue weighted by Gasteiger charge is 2.18. The van der Waals surface area contributed by atoms with Gasteiger partial charge >= 0.3 is 0 Å². The van der Waals surface area contributed by atoms with Crippen LogP contribution in [0.5, 0.6) is 0 Å². The van der Waals surface area contributed by atoms with E-state index in [0.717, 1.165) is 63.8 Å². The number of hydrogen-bond donors (Lipinski definition) is 2. The van der Waals surface area contributed by atoms with Gasteiger partial charge in [-0.2, -0.15) is 0 Å². The second-order valence-corrected chi connectivity index (χ2v) is 7.09. The number of nitrogens with zero attached hydrogens (tertiary/aromatic N) is 5. The summed E-state index contributed by atoms with van der Waals surface area (Å²) in [5.74, 6) is 0.488. The number of benzene rings is 1. The van der Waals surface area contributed by atoms with Crippen LogP contribution >= 0.6 is 24.0 Å². The lowest BCUT2D eigenvalue weighted by Gasteiger charge is -2.34. The summed E-state index contributed by atoms with van der Waals surface area (Å²) in [6.45, 7) is 8.27. The van der Waals surface area contributed by atoms with Gasteiger partial charge in [-0.25, -0.2) is 23.7 Å². The topological polar surface area (TPSA) is 68.7 Å². The van der Waals surface area contributed by atoms with Gasteiger partial charge in [0.25, 0.3) is 0 Å². The van der Waals surface area contributed by atoms with Crippen LogP contribution in [0.3, 0.4) is 0 Å². The van der Waals surface area contributed by atoms with Crippen LogP contribution in [0.1, 0.15) is 18.9 Å². The first-order valence-corrected chi connectivity index (χ1v) is 10.4. The molecular weight excluding hydrogens is 515 g/mol. The van der Waals surface area contributed by atoms with Gasteiger partial charge in [-0.3, -0.25) is 4.90 Å². The quantitative estimate of drug-likeness (QED) is 0.230. The number of aromatic nitrogens is 2. The Balaban J connectivity index is 0.00000341. The van der Waals surface area contributed by atoms with Gasteiger partial charge in [-0.05, 0) is 44.2 Å². The van der Waals surface area contributed by atoms with Crippen molar-refractivity contribution in [3.05, 3.63) is 53.9 Å². The Morgan fingerprint density at radius 3 is 2.55 bits per heavy atom. The number of aliphatic imine (C=N–C) groups is 1. The molecule has 1 saturated heterocycles. The third kappa shape index (κ3) is 8.17. The minimum Gasteiger partial charge on any atom is -0.357 e. The molecule has 0 saturated carbocycles. The van der Waals surface area contributed by atoms with Crippen molar-refractivity contribution >= 4 is 35.9 Å². The fraction of sp³-hybridized carbons (Fsp3) is 0.476. The monoisotopic (exact) mass is 545 g/mol. The molecule has 0 radical (unpaired) electrons. The van der Waals surface area contributed by atoms with Crippen LogP contribution in [-0.2, 0) is 6.54 Å². The minimum absolute atomic E-state index is 0. The van der Waals surface area contributed by atoms with Gasteiger partial charge < -0.3 is 15.5 Å². The maximum atomic E-state index is 13.8. The zero-order valence-electron chi connectivity index (χ0n) is 17.7. The summed E-state index contributed by atoms with van der Waals surface area (Å²) in [5, 5.41) is 6.40. The minimum atomic E-state index is -0.460. The van der Waals surface area contributed by atoms with E-state index in [2.05, 4.69) is 35.4 Å². The SMILES string of the molecule is CCNC(=NCc1cc(F)ccc1F)NCCCN1CCN(c2ncccn2)CC1.I. The van der Waals surface area contributed by atoms with Crippen LogP contribution in [0.25, 0.3) is 0 Å². The van der Waals surface area contributed by atoms with Crippen LogP contribution < -0.4 is 15.5 Å². The molecule has 10 heteroatoms. The maximum Gasteiger partial charge on any atom is 0.225 e. The van der Waals surface area contributed by atoms with Gasteiger partial charge in [0.1, 0.15) is 11.6 Å². The number of hydrogen-bond acceptors (Lipinski definition) is 5. The summed E-state index contributed by atoms with van der Waals surface area (Å²) in [7, 11) is 0. The van der Waals surface area contributed by atoms with E-state index >= 15 is 0 Å². The van der Waals surface area contributed by atoms with Crippen molar-refractivity contribution in [3.8, 4) is 0 Å². The largest absolute Gasteiger partial charge is 0.357 e. The molecule has 2 heterocycles. The molecule has 0 aliphatic carbocycles. The predicted molar refractivity (Wildman–Crippen MR) is 130 cm³/mol. The van der Waals surface area contributed by atoms with Crippen molar-refractivity contribution in [1.82, 2.24) is 25.5 Å². The van der Waals surface area contributed by atoms with Crippen LogP contribution in [0.2, 0.25) is 0 Å². The van der Waals surface area contributed by atoms with Crippen LogP contribution in [0, 0.1) is 11.6 Å². The zero-order valence-corrected chi connectivity index (χ0v) is 20.1. The Morgan fingerprint density at radius 2 is 1.84 bits per heavy atom. The van der Waals surface area contributed by atoms with E-state index < -0.39 is 11.6 Å². The normalized spacial score (nSPS) is 14.8. The van der Waals surface area contributed by atoms with Gasteiger partial charge in [-0.15, -0.1) is 24.0 Å². The molecule has 1 aliphatic rings. The van der Waals surface area contributed by atoms with Gasteiger partial charge in [0.2, 0.25) is 5.95 Å². The smallest absolute Gasteiger partial charge is 0.225 e. The van der Waals surface area contributed by atoms with Crippen LogP contribution in [0.15, 0.2) is 41.7 Å². The average molecular weight is 545 g/mol. The molecule has 0 spiro atoms. The number of halogens is 3. The summed E-state index contributed by atoms with van der Waals surface area (Å²) in [6.07, 6.45) is 4.50. The standard InChI is InChI=1S/C21H29F2N7.HI/c1-2-24-20(28-16-17-15-18(22)5-6-19(17)23)25-9-4-10-29-11-13-30(14-12-29)21-26-7-3-8-27-21;/h3,5-8,15H,2,4,9-14,16H2,1H3,(H2,24,25,28);1H. The lowest BCUT2D eigenvalue weighted by Crippen LogP contribution is -2.47. The van der Waals surface area contributed by atoms with Gasteiger partial charge in [0, 0.05) is 57.2 Å². The Bertz CT molecular complexity index is 815. The highest BCUT2D eigenvalue weighted by Crippen LogP contribution is 2.11. The average Bonchev–Trinajstić information content (AvgIpc) is 2.78. The predicted octanol–water partition coefficient (Wildman–Crippen LogP) is 2.64. The van der Waals surface area contributed by atoms with E-state index in [4.69, 9.17) is 0 Å². The Morgan fingerprint density at radius 1 is 1.10 bits per heavy atom. The van der Waals surface area contributed by atoms with E-state index in [0.29, 0.717) is 12.5 Å². The fourth-order valence-electron chi connectivity index (χ4n) is 3.31. The molecule has 1 aliphatic heterocycles. The first kappa shape index (κ1) is 25.2. The molecule has 7 nitrogen and oxygen atoms in total. The van der Waals surface area contributed by atoms with E-state index in [1.165, 1.54) is 6.07 Å². The van der Waals surface area contributed by atoms with Gasteiger partial charge in [-0.1, -0.05) is 0 Å². The number of anilines is 1. The molecule has 2 aromatic rings. The number of guanidine groups is 1. The van der Waals surface area contributed by atoms with E-state index in [1.54, 1.807) is 12.4 Å². The summed E-state index contributed by atoms with van der Waals surface area (Å²) < 4.78 is 27.1. The molecule has 2 N–H and O–H groups in total. The van der Waals surface area contributed by atoms with E-state index in [1.807, 2.05) is 13.0 Å².